The number of likely N-dealkylation sites (tertiary alicyclic amines) is 1. The molecule has 5 rings (SSSR count). The molecule has 198 valence electrons. The van der Waals surface area contributed by atoms with Gasteiger partial charge in [0.2, 0.25) is 8.32 Å². The summed E-state index contributed by atoms with van der Waals surface area (Å²) in [5.41, 5.74) is 4.60. The number of allylic oxidation sites excluding steroid dienone is 1. The van der Waals surface area contributed by atoms with E-state index in [1.54, 1.807) is 7.11 Å². The van der Waals surface area contributed by atoms with Crippen LogP contribution >= 0.6 is 0 Å². The van der Waals surface area contributed by atoms with Crippen LogP contribution in [0.25, 0.3) is 0 Å². The number of methoxy groups -OCH3 is 1. The Kier molecular flexibility index (Phi) is 6.90. The van der Waals surface area contributed by atoms with E-state index in [9.17, 15) is 4.79 Å². The van der Waals surface area contributed by atoms with Crippen LogP contribution in [0.2, 0.25) is 18.1 Å². The van der Waals surface area contributed by atoms with E-state index in [-0.39, 0.29) is 22.9 Å². The van der Waals surface area contributed by atoms with Gasteiger partial charge in [0.15, 0.2) is 0 Å². The summed E-state index contributed by atoms with van der Waals surface area (Å²) < 4.78 is 12.6. The number of anilines is 1. The van der Waals surface area contributed by atoms with Crippen LogP contribution in [0.3, 0.4) is 0 Å². The molecule has 2 aromatic rings. The fourth-order valence-electron chi connectivity index (χ4n) is 5.84. The monoisotopic (exact) mass is 518 g/mol. The summed E-state index contributed by atoms with van der Waals surface area (Å²) in [5, 5.41) is 0.0574. The molecule has 2 aromatic carbocycles. The van der Waals surface area contributed by atoms with Gasteiger partial charge in [-0.15, -0.1) is 0 Å². The molecule has 3 aliphatic rings. The first-order chi connectivity index (χ1) is 17.6. The number of ether oxygens (including phenoxy) is 1. The smallest absolute Gasteiger partial charge is 0.255 e. The van der Waals surface area contributed by atoms with Crippen LogP contribution in [0.4, 0.5) is 5.69 Å². The Morgan fingerprint density at radius 1 is 1.03 bits per heavy atom. The first-order valence-corrected chi connectivity index (χ1v) is 16.7. The summed E-state index contributed by atoms with van der Waals surface area (Å²) in [6.07, 6.45) is 4.12. The summed E-state index contributed by atoms with van der Waals surface area (Å²) in [5.74, 6) is 2.15. The number of hydrogen-bond acceptors (Lipinski definition) is 4. The van der Waals surface area contributed by atoms with Gasteiger partial charge in [-0.3, -0.25) is 4.79 Å². The number of benzene rings is 2. The van der Waals surface area contributed by atoms with Crippen LogP contribution in [0.5, 0.6) is 5.75 Å². The molecule has 0 N–H and O–H groups in total. The fourth-order valence-corrected chi connectivity index (χ4v) is 6.96. The highest BCUT2D eigenvalue weighted by Gasteiger charge is 2.52. The topological polar surface area (TPSA) is 42.0 Å². The van der Waals surface area contributed by atoms with Crippen molar-refractivity contribution in [2.24, 2.45) is 0 Å². The van der Waals surface area contributed by atoms with Crippen molar-refractivity contribution in [3.05, 3.63) is 71.0 Å². The molecule has 2 heterocycles. The number of nitrogens with zero attached hydrogens (tertiary/aromatic N) is 2. The van der Waals surface area contributed by atoms with Crippen molar-refractivity contribution in [2.45, 2.75) is 83.1 Å². The molecule has 0 aromatic heterocycles. The van der Waals surface area contributed by atoms with Gasteiger partial charge in [0, 0.05) is 37.7 Å². The molecule has 37 heavy (non-hydrogen) atoms. The lowest BCUT2D eigenvalue weighted by molar-refractivity contribution is -0.128. The minimum Gasteiger partial charge on any atom is -0.546 e. The summed E-state index contributed by atoms with van der Waals surface area (Å²) in [6, 6.07) is 17.0. The number of carbonyl (C=O) groups excluding carboxylic acids is 1. The SMILES string of the molecule is COc1ccc2c(c1)[C@@H]1CC(O[Si](C)(C)C(C)(C)C)=C(C(=O)N3CCCCC3)[C@@H]1N2Cc1ccccc1. The van der Waals surface area contributed by atoms with Gasteiger partial charge in [-0.2, -0.15) is 0 Å². The van der Waals surface area contributed by atoms with Crippen LogP contribution in [0, 0.1) is 0 Å². The Labute approximate surface area is 223 Å². The second-order valence-electron chi connectivity index (χ2n) is 12.3. The van der Waals surface area contributed by atoms with E-state index in [0.29, 0.717) is 0 Å². The number of amides is 1. The molecule has 2 atom stereocenters. The average Bonchev–Trinajstić information content (AvgIpc) is 3.38. The van der Waals surface area contributed by atoms with Gasteiger partial charge in [-0.1, -0.05) is 51.1 Å². The molecule has 0 unspecified atom stereocenters. The first-order valence-electron chi connectivity index (χ1n) is 13.8. The maximum absolute atomic E-state index is 14.3. The van der Waals surface area contributed by atoms with E-state index in [0.717, 1.165) is 56.0 Å². The zero-order valence-corrected chi connectivity index (χ0v) is 24.3. The van der Waals surface area contributed by atoms with Gasteiger partial charge < -0.3 is 19.0 Å². The van der Waals surface area contributed by atoms with Crippen LogP contribution in [-0.2, 0) is 15.8 Å². The highest BCUT2D eigenvalue weighted by molar-refractivity contribution is 6.74. The minimum absolute atomic E-state index is 0.0310. The van der Waals surface area contributed by atoms with Gasteiger partial charge >= 0.3 is 0 Å². The molecule has 2 aliphatic heterocycles. The van der Waals surface area contributed by atoms with E-state index in [1.165, 1.54) is 23.2 Å². The Morgan fingerprint density at radius 3 is 2.38 bits per heavy atom. The van der Waals surface area contributed by atoms with Crippen LogP contribution < -0.4 is 9.64 Å². The van der Waals surface area contributed by atoms with Gasteiger partial charge in [-0.25, -0.2) is 0 Å². The molecule has 1 fully saturated rings. The van der Waals surface area contributed by atoms with Gasteiger partial charge in [-0.05, 0) is 66.7 Å². The lowest BCUT2D eigenvalue weighted by Crippen LogP contribution is -2.44. The fraction of sp³-hybridized carbons (Fsp3) is 0.516. The van der Waals surface area contributed by atoms with Crippen LogP contribution in [0.1, 0.15) is 63.5 Å². The highest BCUT2D eigenvalue weighted by atomic mass is 28.4. The Morgan fingerprint density at radius 2 is 1.73 bits per heavy atom. The maximum Gasteiger partial charge on any atom is 0.255 e. The molecule has 1 aliphatic carbocycles. The second kappa shape index (κ2) is 9.86. The van der Waals surface area contributed by atoms with Crippen LogP contribution in [0.15, 0.2) is 59.9 Å². The summed E-state index contributed by atoms with van der Waals surface area (Å²) in [4.78, 5) is 18.8. The number of carbonyl (C=O) groups is 1. The third-order valence-electron chi connectivity index (χ3n) is 8.92. The normalized spacial score (nSPS) is 21.7. The second-order valence-corrected chi connectivity index (χ2v) is 17.1. The van der Waals surface area contributed by atoms with Gasteiger partial charge in [0.05, 0.1) is 24.5 Å². The standard InChI is InChI=1S/C31H42N2O3Si/c1-31(2,3)37(5,6)36-27-20-25-24-19-23(35-4)15-16-26(24)33(21-22-13-9-7-10-14-22)29(25)28(27)30(34)32-17-11-8-12-18-32/h7,9-10,13-16,19,25,29H,8,11-12,17-18,20-21H2,1-6H3/t25-,29+/m0/s1. The van der Waals surface area contributed by atoms with Crippen molar-refractivity contribution in [1.29, 1.82) is 0 Å². The third-order valence-corrected chi connectivity index (χ3v) is 13.3. The lowest BCUT2D eigenvalue weighted by Gasteiger charge is -2.38. The molecule has 0 saturated carbocycles. The average molecular weight is 519 g/mol. The van der Waals surface area contributed by atoms with E-state index in [1.807, 2.05) is 6.07 Å². The first kappa shape index (κ1) is 25.9. The molecule has 0 bridgehead atoms. The Bertz CT molecular complexity index is 1180. The maximum atomic E-state index is 14.3. The van der Waals surface area contributed by atoms with E-state index in [2.05, 4.69) is 86.1 Å². The molecule has 1 saturated heterocycles. The number of fused-ring (bicyclic) bond motifs is 3. The van der Waals surface area contributed by atoms with Gasteiger partial charge in [0.1, 0.15) is 5.75 Å². The van der Waals surface area contributed by atoms with Crippen molar-refractivity contribution in [2.75, 3.05) is 25.1 Å². The summed E-state index contributed by atoms with van der Waals surface area (Å²) in [7, 11) is -0.410. The molecular weight excluding hydrogens is 476 g/mol. The quantitative estimate of drug-likeness (QED) is 0.392. The Balaban J connectivity index is 1.61. The van der Waals surface area contributed by atoms with E-state index < -0.39 is 8.32 Å². The summed E-state index contributed by atoms with van der Waals surface area (Å²) >= 11 is 0. The number of piperidine rings is 1. The molecule has 1 amide bonds. The number of rotatable bonds is 6. The predicted octanol–water partition coefficient (Wildman–Crippen LogP) is 6.86. The number of hydrogen-bond donors (Lipinski definition) is 0. The van der Waals surface area contributed by atoms with Crippen molar-refractivity contribution < 1.29 is 14.0 Å². The third kappa shape index (κ3) is 4.81. The zero-order chi connectivity index (χ0) is 26.4. The van der Waals surface area contributed by atoms with Gasteiger partial charge in [0.25, 0.3) is 5.91 Å². The molecule has 6 heteroatoms. The van der Waals surface area contributed by atoms with E-state index >= 15 is 0 Å². The van der Waals surface area contributed by atoms with Crippen molar-refractivity contribution in [3.63, 3.8) is 0 Å². The largest absolute Gasteiger partial charge is 0.546 e. The van der Waals surface area contributed by atoms with Crippen molar-refractivity contribution >= 4 is 19.9 Å². The predicted molar refractivity (Wildman–Crippen MR) is 153 cm³/mol. The summed E-state index contributed by atoms with van der Waals surface area (Å²) in [6.45, 7) is 13.8. The van der Waals surface area contributed by atoms with Crippen molar-refractivity contribution in [3.8, 4) is 5.75 Å². The van der Waals surface area contributed by atoms with E-state index in [4.69, 9.17) is 9.16 Å². The molecule has 5 nitrogen and oxygen atoms in total. The zero-order valence-electron chi connectivity index (χ0n) is 23.3. The molecule has 0 radical (unpaired) electrons. The minimum atomic E-state index is -2.13. The highest BCUT2D eigenvalue weighted by Crippen LogP contribution is 2.54. The van der Waals surface area contributed by atoms with Crippen molar-refractivity contribution in [1.82, 2.24) is 4.90 Å². The molecule has 0 spiro atoms. The molecular formula is C31H42N2O3Si. The van der Waals surface area contributed by atoms with Crippen LogP contribution in [-0.4, -0.2) is 45.4 Å². The Hall–Kier alpha value is -2.73. The lowest BCUT2D eigenvalue weighted by atomic mass is 9.94.